The molecule has 0 saturated carbocycles. The van der Waals surface area contributed by atoms with Crippen LogP contribution in [-0.2, 0) is 24.4 Å². The SMILES string of the molecule is CCn1ncc(Br)c1CNC(=O)Cn1cc(Br)cn1. The summed E-state index contributed by atoms with van der Waals surface area (Å²) in [6.07, 6.45) is 5.14. The summed E-state index contributed by atoms with van der Waals surface area (Å²) < 4.78 is 5.17. The van der Waals surface area contributed by atoms with E-state index in [-0.39, 0.29) is 12.5 Å². The van der Waals surface area contributed by atoms with Crippen molar-refractivity contribution in [1.82, 2.24) is 24.9 Å². The van der Waals surface area contributed by atoms with Gasteiger partial charge in [-0.05, 0) is 38.8 Å². The molecule has 1 amide bonds. The fraction of sp³-hybridized carbons (Fsp3) is 0.364. The van der Waals surface area contributed by atoms with E-state index in [0.29, 0.717) is 6.54 Å². The average molecular weight is 391 g/mol. The molecule has 0 aliphatic carbocycles. The summed E-state index contributed by atoms with van der Waals surface area (Å²) in [5.74, 6) is -0.0913. The van der Waals surface area contributed by atoms with Crippen LogP contribution in [0.2, 0.25) is 0 Å². The van der Waals surface area contributed by atoms with Crippen molar-refractivity contribution in [3.05, 3.63) is 33.2 Å². The first kappa shape index (κ1) is 14.3. The summed E-state index contributed by atoms with van der Waals surface area (Å²) in [6.45, 7) is 3.41. The van der Waals surface area contributed by atoms with E-state index in [4.69, 9.17) is 0 Å². The van der Waals surface area contributed by atoms with Gasteiger partial charge in [0.05, 0.1) is 33.6 Å². The average Bonchev–Trinajstić information content (AvgIpc) is 2.93. The fourth-order valence-corrected chi connectivity index (χ4v) is 2.41. The molecule has 8 heteroatoms. The van der Waals surface area contributed by atoms with E-state index < -0.39 is 0 Å². The number of hydrogen-bond donors (Lipinski definition) is 1. The predicted molar refractivity (Wildman–Crippen MR) is 77.4 cm³/mol. The summed E-state index contributed by atoms with van der Waals surface area (Å²) in [4.78, 5) is 11.8. The van der Waals surface area contributed by atoms with Gasteiger partial charge >= 0.3 is 0 Å². The van der Waals surface area contributed by atoms with Crippen LogP contribution in [0.25, 0.3) is 0 Å². The topological polar surface area (TPSA) is 64.7 Å². The van der Waals surface area contributed by atoms with Crippen LogP contribution in [0.5, 0.6) is 0 Å². The number of nitrogens with zero attached hydrogens (tertiary/aromatic N) is 4. The van der Waals surface area contributed by atoms with Crippen LogP contribution in [0.1, 0.15) is 12.6 Å². The van der Waals surface area contributed by atoms with Gasteiger partial charge in [0.1, 0.15) is 6.54 Å². The van der Waals surface area contributed by atoms with Crippen LogP contribution in [0.4, 0.5) is 0 Å². The monoisotopic (exact) mass is 389 g/mol. The zero-order valence-electron chi connectivity index (χ0n) is 10.3. The second-order valence-electron chi connectivity index (χ2n) is 3.89. The van der Waals surface area contributed by atoms with Gasteiger partial charge in [-0.15, -0.1) is 0 Å². The number of amides is 1. The maximum atomic E-state index is 11.8. The standard InChI is InChI=1S/C11H13Br2N5O/c1-2-18-10(9(13)4-16-18)5-14-11(19)7-17-6-8(12)3-15-17/h3-4,6H,2,5,7H2,1H3,(H,14,19). The third kappa shape index (κ3) is 3.66. The molecule has 2 heterocycles. The van der Waals surface area contributed by atoms with Crippen LogP contribution in [0, 0.1) is 0 Å². The second kappa shape index (κ2) is 6.33. The second-order valence-corrected chi connectivity index (χ2v) is 5.66. The molecule has 102 valence electrons. The Labute approximate surface area is 127 Å². The van der Waals surface area contributed by atoms with Gasteiger partial charge in [-0.25, -0.2) is 0 Å². The van der Waals surface area contributed by atoms with E-state index in [1.165, 1.54) is 0 Å². The lowest BCUT2D eigenvalue weighted by Crippen LogP contribution is -2.28. The smallest absolute Gasteiger partial charge is 0.242 e. The first-order valence-electron chi connectivity index (χ1n) is 5.75. The highest BCUT2D eigenvalue weighted by atomic mass is 79.9. The first-order chi connectivity index (χ1) is 9.10. The Kier molecular flexibility index (Phi) is 4.76. The van der Waals surface area contributed by atoms with Crippen LogP contribution >= 0.6 is 31.9 Å². The largest absolute Gasteiger partial charge is 0.349 e. The summed E-state index contributed by atoms with van der Waals surface area (Å²) in [7, 11) is 0. The molecule has 0 bridgehead atoms. The minimum Gasteiger partial charge on any atom is -0.349 e. The molecular formula is C11H13Br2N5O. The predicted octanol–water partition coefficient (Wildman–Crippen LogP) is 1.94. The van der Waals surface area contributed by atoms with Gasteiger partial charge in [-0.3, -0.25) is 14.2 Å². The normalized spacial score (nSPS) is 10.7. The van der Waals surface area contributed by atoms with Crippen LogP contribution in [0.3, 0.4) is 0 Å². The summed E-state index contributed by atoms with van der Waals surface area (Å²) in [5.41, 5.74) is 0.956. The molecule has 0 aliphatic heterocycles. The summed E-state index contributed by atoms with van der Waals surface area (Å²) in [6, 6.07) is 0. The van der Waals surface area contributed by atoms with Crippen molar-refractivity contribution in [1.29, 1.82) is 0 Å². The number of aryl methyl sites for hydroxylation is 1. The van der Waals surface area contributed by atoms with E-state index in [2.05, 4.69) is 47.4 Å². The zero-order chi connectivity index (χ0) is 13.8. The van der Waals surface area contributed by atoms with Crippen molar-refractivity contribution in [2.24, 2.45) is 0 Å². The molecule has 0 unspecified atom stereocenters. The van der Waals surface area contributed by atoms with Crippen molar-refractivity contribution in [3.8, 4) is 0 Å². The van der Waals surface area contributed by atoms with Crippen molar-refractivity contribution < 1.29 is 4.79 Å². The molecule has 6 nitrogen and oxygen atoms in total. The number of nitrogens with one attached hydrogen (secondary N) is 1. The molecule has 1 N–H and O–H groups in total. The van der Waals surface area contributed by atoms with E-state index in [1.807, 2.05) is 11.6 Å². The molecule has 2 rings (SSSR count). The van der Waals surface area contributed by atoms with Crippen LogP contribution in [-0.4, -0.2) is 25.5 Å². The molecule has 0 spiro atoms. The minimum atomic E-state index is -0.0913. The highest BCUT2D eigenvalue weighted by molar-refractivity contribution is 9.10. The summed E-state index contributed by atoms with van der Waals surface area (Å²) in [5, 5.41) is 11.1. The van der Waals surface area contributed by atoms with Crippen LogP contribution in [0.15, 0.2) is 27.5 Å². The van der Waals surface area contributed by atoms with Gasteiger partial charge in [0, 0.05) is 12.7 Å². The Morgan fingerprint density at radius 1 is 1.37 bits per heavy atom. The molecule has 0 atom stereocenters. The molecule has 0 saturated heterocycles. The Balaban J connectivity index is 1.91. The molecule has 2 aromatic rings. The summed E-state index contributed by atoms with van der Waals surface area (Å²) >= 11 is 6.71. The van der Waals surface area contributed by atoms with E-state index in [1.54, 1.807) is 23.3 Å². The maximum Gasteiger partial charge on any atom is 0.242 e. The van der Waals surface area contributed by atoms with E-state index >= 15 is 0 Å². The Bertz CT molecular complexity index is 577. The van der Waals surface area contributed by atoms with Gasteiger partial charge in [0.2, 0.25) is 5.91 Å². The number of halogens is 2. The number of hydrogen-bond acceptors (Lipinski definition) is 3. The Morgan fingerprint density at radius 3 is 2.79 bits per heavy atom. The molecule has 0 radical (unpaired) electrons. The third-order valence-electron chi connectivity index (χ3n) is 2.56. The van der Waals surface area contributed by atoms with E-state index in [9.17, 15) is 4.79 Å². The van der Waals surface area contributed by atoms with Gasteiger partial charge in [-0.2, -0.15) is 10.2 Å². The van der Waals surface area contributed by atoms with E-state index in [0.717, 1.165) is 21.2 Å². The zero-order valence-corrected chi connectivity index (χ0v) is 13.5. The van der Waals surface area contributed by atoms with Gasteiger partial charge in [-0.1, -0.05) is 0 Å². The number of carbonyl (C=O) groups is 1. The Hall–Kier alpha value is -1.15. The quantitative estimate of drug-likeness (QED) is 0.848. The van der Waals surface area contributed by atoms with Crippen LogP contribution < -0.4 is 5.32 Å². The number of rotatable bonds is 5. The van der Waals surface area contributed by atoms with Gasteiger partial charge < -0.3 is 5.32 Å². The van der Waals surface area contributed by atoms with Crippen molar-refractivity contribution in [2.75, 3.05) is 0 Å². The molecule has 2 aromatic heterocycles. The third-order valence-corrected chi connectivity index (χ3v) is 3.63. The molecule has 19 heavy (non-hydrogen) atoms. The van der Waals surface area contributed by atoms with Crippen molar-refractivity contribution in [3.63, 3.8) is 0 Å². The maximum absolute atomic E-state index is 11.8. The fourth-order valence-electron chi connectivity index (χ4n) is 1.65. The lowest BCUT2D eigenvalue weighted by Gasteiger charge is -2.08. The highest BCUT2D eigenvalue weighted by Gasteiger charge is 2.10. The molecule has 0 fully saturated rings. The molecule has 0 aromatic carbocycles. The van der Waals surface area contributed by atoms with Crippen molar-refractivity contribution >= 4 is 37.8 Å². The van der Waals surface area contributed by atoms with Gasteiger partial charge in [0.15, 0.2) is 0 Å². The molecular weight excluding hydrogens is 378 g/mol. The van der Waals surface area contributed by atoms with Crippen molar-refractivity contribution in [2.45, 2.75) is 26.6 Å². The minimum absolute atomic E-state index is 0.0913. The lowest BCUT2D eigenvalue weighted by atomic mass is 10.4. The van der Waals surface area contributed by atoms with Gasteiger partial charge in [0.25, 0.3) is 0 Å². The lowest BCUT2D eigenvalue weighted by molar-refractivity contribution is -0.122. The highest BCUT2D eigenvalue weighted by Crippen LogP contribution is 2.15. The Morgan fingerprint density at radius 2 is 2.16 bits per heavy atom. The first-order valence-corrected chi connectivity index (χ1v) is 7.33. The number of carbonyl (C=O) groups excluding carboxylic acids is 1. The number of aromatic nitrogens is 4. The molecule has 0 aliphatic rings.